The lowest BCUT2D eigenvalue weighted by molar-refractivity contribution is 0.0212. The van der Waals surface area contributed by atoms with Crippen molar-refractivity contribution in [3.63, 3.8) is 0 Å². The van der Waals surface area contributed by atoms with Crippen LogP contribution in [0.15, 0.2) is 18.2 Å². The van der Waals surface area contributed by atoms with Gasteiger partial charge in [0, 0.05) is 12.5 Å². The first-order valence-electron chi connectivity index (χ1n) is 7.54. The van der Waals surface area contributed by atoms with E-state index in [1.807, 2.05) is 19.1 Å². The van der Waals surface area contributed by atoms with Crippen molar-refractivity contribution in [1.29, 1.82) is 0 Å². The summed E-state index contributed by atoms with van der Waals surface area (Å²) in [4.78, 5) is 0. The van der Waals surface area contributed by atoms with E-state index < -0.39 is 0 Å². The number of benzene rings is 1. The van der Waals surface area contributed by atoms with E-state index in [2.05, 4.69) is 13.0 Å². The van der Waals surface area contributed by atoms with Crippen molar-refractivity contribution in [2.24, 2.45) is 11.1 Å². The monoisotopic (exact) mass is 277 g/mol. The number of ether oxygens (including phenoxy) is 1. The summed E-state index contributed by atoms with van der Waals surface area (Å²) in [6.45, 7) is 4.68. The van der Waals surface area contributed by atoms with Crippen molar-refractivity contribution in [3.05, 3.63) is 29.3 Å². The van der Waals surface area contributed by atoms with Crippen LogP contribution in [0.25, 0.3) is 0 Å². The number of aliphatic hydroxyl groups is 1. The van der Waals surface area contributed by atoms with Crippen molar-refractivity contribution in [1.82, 2.24) is 0 Å². The Kier molecular flexibility index (Phi) is 4.71. The molecule has 0 amide bonds. The predicted molar refractivity (Wildman–Crippen MR) is 82.1 cm³/mol. The summed E-state index contributed by atoms with van der Waals surface area (Å²) in [7, 11) is 1.68. The zero-order valence-electron chi connectivity index (χ0n) is 12.9. The van der Waals surface area contributed by atoms with Crippen LogP contribution in [0.5, 0.6) is 5.75 Å². The molecule has 0 spiro atoms. The van der Waals surface area contributed by atoms with Gasteiger partial charge in [-0.15, -0.1) is 0 Å². The lowest BCUT2D eigenvalue weighted by Crippen LogP contribution is -2.38. The molecule has 112 valence electrons. The highest BCUT2D eigenvalue weighted by Crippen LogP contribution is 2.45. The number of hydrogen-bond donors (Lipinski definition) is 2. The van der Waals surface area contributed by atoms with E-state index in [4.69, 9.17) is 10.5 Å². The molecule has 3 nitrogen and oxygen atoms in total. The fourth-order valence-electron chi connectivity index (χ4n) is 3.48. The molecule has 0 bridgehead atoms. The Morgan fingerprint density at radius 2 is 2.00 bits per heavy atom. The van der Waals surface area contributed by atoms with E-state index in [1.54, 1.807) is 7.11 Å². The number of aliphatic hydroxyl groups excluding tert-OH is 1. The second kappa shape index (κ2) is 6.15. The van der Waals surface area contributed by atoms with Gasteiger partial charge in [0.15, 0.2) is 0 Å². The van der Waals surface area contributed by atoms with Crippen LogP contribution in [0.3, 0.4) is 0 Å². The summed E-state index contributed by atoms with van der Waals surface area (Å²) in [6, 6.07) is 6.13. The molecule has 1 aliphatic rings. The molecule has 20 heavy (non-hydrogen) atoms. The number of nitrogens with two attached hydrogens (primary N) is 1. The van der Waals surface area contributed by atoms with Gasteiger partial charge >= 0.3 is 0 Å². The molecule has 2 rings (SSSR count). The summed E-state index contributed by atoms with van der Waals surface area (Å²) >= 11 is 0. The quantitative estimate of drug-likeness (QED) is 0.870. The molecule has 1 aromatic rings. The highest BCUT2D eigenvalue weighted by Gasteiger charge is 2.40. The molecule has 0 aliphatic heterocycles. The first-order valence-corrected chi connectivity index (χ1v) is 7.54. The third-order valence-electron chi connectivity index (χ3n) is 4.96. The van der Waals surface area contributed by atoms with Gasteiger partial charge in [-0.1, -0.05) is 31.9 Å². The van der Waals surface area contributed by atoms with Gasteiger partial charge in [0.2, 0.25) is 0 Å². The van der Waals surface area contributed by atoms with Crippen LogP contribution in [-0.2, 0) is 0 Å². The van der Waals surface area contributed by atoms with E-state index in [1.165, 1.54) is 12.8 Å². The molecule has 3 heteroatoms. The molecule has 1 saturated carbocycles. The summed E-state index contributed by atoms with van der Waals surface area (Å²) in [6.07, 6.45) is 4.22. The van der Waals surface area contributed by atoms with Gasteiger partial charge in [-0.25, -0.2) is 0 Å². The summed E-state index contributed by atoms with van der Waals surface area (Å²) in [5.74, 6) is 0.845. The second-order valence-corrected chi connectivity index (χ2v) is 6.38. The average Bonchev–Trinajstić information content (AvgIpc) is 2.89. The van der Waals surface area contributed by atoms with Gasteiger partial charge in [-0.2, -0.15) is 0 Å². The Morgan fingerprint density at radius 3 is 2.55 bits per heavy atom. The van der Waals surface area contributed by atoms with Crippen LogP contribution < -0.4 is 10.5 Å². The smallest absolute Gasteiger partial charge is 0.122 e. The van der Waals surface area contributed by atoms with Gasteiger partial charge in [0.25, 0.3) is 0 Å². The maximum atomic E-state index is 10.8. The van der Waals surface area contributed by atoms with Gasteiger partial charge in [-0.3, -0.25) is 0 Å². The maximum Gasteiger partial charge on any atom is 0.122 e. The van der Waals surface area contributed by atoms with Gasteiger partial charge in [-0.05, 0) is 42.4 Å². The molecule has 0 radical (unpaired) electrons. The summed E-state index contributed by atoms with van der Waals surface area (Å²) in [5, 5.41) is 10.8. The Bertz CT molecular complexity index is 452. The molecule has 2 unspecified atom stereocenters. The number of methoxy groups -OCH3 is 1. The average molecular weight is 277 g/mol. The van der Waals surface area contributed by atoms with Crippen molar-refractivity contribution < 1.29 is 9.84 Å². The minimum absolute atomic E-state index is 0.00214. The van der Waals surface area contributed by atoms with Crippen molar-refractivity contribution in [2.45, 2.75) is 51.6 Å². The zero-order chi connectivity index (χ0) is 14.8. The molecular weight excluding hydrogens is 250 g/mol. The summed E-state index contributed by atoms with van der Waals surface area (Å²) < 4.78 is 5.39. The van der Waals surface area contributed by atoms with Crippen LogP contribution in [0, 0.1) is 12.3 Å². The predicted octanol–water partition coefficient (Wildman–Crippen LogP) is 2.99. The fraction of sp³-hybridized carbons (Fsp3) is 0.647. The van der Waals surface area contributed by atoms with E-state index in [-0.39, 0.29) is 17.4 Å². The third-order valence-corrected chi connectivity index (χ3v) is 4.96. The van der Waals surface area contributed by atoms with Crippen LogP contribution in [-0.4, -0.2) is 24.9 Å². The van der Waals surface area contributed by atoms with Gasteiger partial charge in [0.1, 0.15) is 5.75 Å². The Morgan fingerprint density at radius 1 is 1.35 bits per heavy atom. The first-order chi connectivity index (χ1) is 9.51. The zero-order valence-corrected chi connectivity index (χ0v) is 12.9. The lowest BCUT2D eigenvalue weighted by atomic mass is 9.74. The Hall–Kier alpha value is -1.06. The van der Waals surface area contributed by atoms with Crippen molar-refractivity contribution in [3.8, 4) is 5.75 Å². The van der Waals surface area contributed by atoms with E-state index in [0.717, 1.165) is 29.7 Å². The molecule has 1 fully saturated rings. The second-order valence-electron chi connectivity index (χ2n) is 6.38. The van der Waals surface area contributed by atoms with E-state index >= 15 is 0 Å². The van der Waals surface area contributed by atoms with Crippen LogP contribution in [0.1, 0.15) is 49.7 Å². The number of hydrogen-bond acceptors (Lipinski definition) is 3. The fourth-order valence-corrected chi connectivity index (χ4v) is 3.48. The number of aryl methyl sites for hydroxylation is 1. The summed E-state index contributed by atoms with van der Waals surface area (Å²) in [5.41, 5.74) is 8.15. The molecule has 3 N–H and O–H groups in total. The molecule has 1 aliphatic carbocycles. The Balaban J connectivity index is 2.27. The van der Waals surface area contributed by atoms with Gasteiger partial charge in [0.05, 0.1) is 13.2 Å². The van der Waals surface area contributed by atoms with Crippen molar-refractivity contribution in [2.75, 3.05) is 13.7 Å². The first kappa shape index (κ1) is 15.3. The largest absolute Gasteiger partial charge is 0.496 e. The Labute approximate surface area is 122 Å². The number of rotatable bonds is 5. The van der Waals surface area contributed by atoms with Crippen LogP contribution in [0.2, 0.25) is 0 Å². The SMILES string of the molecule is COc1cc(C(CN)C(O)C2(C)CCCC2)ccc1C. The molecule has 0 heterocycles. The van der Waals surface area contributed by atoms with Gasteiger partial charge < -0.3 is 15.6 Å². The van der Waals surface area contributed by atoms with Crippen LogP contribution in [0.4, 0.5) is 0 Å². The van der Waals surface area contributed by atoms with Crippen molar-refractivity contribution >= 4 is 0 Å². The highest BCUT2D eigenvalue weighted by atomic mass is 16.5. The highest BCUT2D eigenvalue weighted by molar-refractivity contribution is 5.38. The molecule has 0 aromatic heterocycles. The normalized spacial score (nSPS) is 20.6. The molecular formula is C17H27NO2. The topological polar surface area (TPSA) is 55.5 Å². The lowest BCUT2D eigenvalue weighted by Gasteiger charge is -2.35. The molecule has 1 aromatic carbocycles. The standard InChI is InChI=1S/C17H27NO2/c1-12-6-7-13(10-15(12)20-3)14(11-18)16(19)17(2)8-4-5-9-17/h6-7,10,14,16,19H,4-5,8-9,11,18H2,1-3H3. The van der Waals surface area contributed by atoms with Crippen LogP contribution >= 0.6 is 0 Å². The molecule has 2 atom stereocenters. The molecule has 0 saturated heterocycles. The van der Waals surface area contributed by atoms with E-state index in [0.29, 0.717) is 6.54 Å². The minimum atomic E-state index is -0.387. The maximum absolute atomic E-state index is 10.8. The third kappa shape index (κ3) is 2.84. The van der Waals surface area contributed by atoms with E-state index in [9.17, 15) is 5.11 Å². The minimum Gasteiger partial charge on any atom is -0.496 e.